The molecule has 0 aromatic rings. The molecule has 286 valence electrons. The van der Waals surface area contributed by atoms with E-state index in [-0.39, 0.29) is 41.6 Å². The van der Waals surface area contributed by atoms with Crippen LogP contribution in [0, 0.1) is 35.5 Å². The van der Waals surface area contributed by atoms with Crippen LogP contribution in [0.4, 0.5) is 4.79 Å². The number of nitrogens with zero attached hydrogens (tertiary/aromatic N) is 5. The Balaban J connectivity index is 2.10. The molecule has 3 fully saturated rings. The third kappa shape index (κ3) is 8.77. The van der Waals surface area contributed by atoms with Gasteiger partial charge in [-0.25, -0.2) is 4.79 Å². The van der Waals surface area contributed by atoms with Crippen molar-refractivity contribution in [3.63, 3.8) is 0 Å². The Hall–Kier alpha value is -2.44. The number of hydrogen-bond acceptors (Lipinski definition) is 10. The van der Waals surface area contributed by atoms with E-state index in [0.29, 0.717) is 38.8 Å². The van der Waals surface area contributed by atoms with Gasteiger partial charge in [0.15, 0.2) is 17.7 Å². The lowest BCUT2D eigenvalue weighted by molar-refractivity contribution is -0.281. The average Bonchev–Trinajstić information content (AvgIpc) is 3.33. The van der Waals surface area contributed by atoms with Crippen LogP contribution >= 0.6 is 0 Å². The van der Waals surface area contributed by atoms with E-state index in [4.69, 9.17) is 29.2 Å². The van der Waals surface area contributed by atoms with Crippen LogP contribution in [-0.4, -0.2) is 110 Å². The number of carbonyl (C=O) groups is 3. The summed E-state index contributed by atoms with van der Waals surface area (Å²) in [5.74, 6) is -2.79. The summed E-state index contributed by atoms with van der Waals surface area (Å²) in [6, 6.07) is -0.214. The zero-order valence-corrected chi connectivity index (χ0v) is 32.9. The van der Waals surface area contributed by atoms with Gasteiger partial charge in [-0.3, -0.25) is 9.59 Å². The fourth-order valence-electron chi connectivity index (χ4n) is 8.90. The van der Waals surface area contributed by atoms with Crippen molar-refractivity contribution in [2.24, 2.45) is 40.6 Å². The van der Waals surface area contributed by atoms with Crippen LogP contribution in [-0.2, 0) is 33.3 Å². The van der Waals surface area contributed by atoms with E-state index in [0.717, 1.165) is 6.42 Å². The van der Waals surface area contributed by atoms with Crippen molar-refractivity contribution in [1.82, 2.24) is 9.80 Å². The van der Waals surface area contributed by atoms with Crippen LogP contribution in [0.15, 0.2) is 5.11 Å². The van der Waals surface area contributed by atoms with Gasteiger partial charge in [-0.05, 0) is 97.2 Å². The van der Waals surface area contributed by atoms with Crippen molar-refractivity contribution in [2.45, 2.75) is 149 Å². The van der Waals surface area contributed by atoms with Crippen molar-refractivity contribution in [1.29, 1.82) is 0 Å². The van der Waals surface area contributed by atoms with Crippen molar-refractivity contribution in [3.8, 4) is 0 Å². The first-order valence-electron chi connectivity index (χ1n) is 18.6. The predicted octanol–water partition coefficient (Wildman–Crippen LogP) is 6.62. The third-order valence-electron chi connectivity index (χ3n) is 12.3. The Morgan fingerprint density at radius 3 is 2.26 bits per heavy atom. The highest BCUT2D eigenvalue weighted by Gasteiger charge is 2.59. The fraction of sp³-hybridized carbons (Fsp3) is 0.919. The number of amides is 1. The van der Waals surface area contributed by atoms with Gasteiger partial charge in [0.25, 0.3) is 0 Å². The van der Waals surface area contributed by atoms with Crippen LogP contribution in [0.1, 0.15) is 101 Å². The first-order valence-corrected chi connectivity index (χ1v) is 18.6. The standard InChI is InChI=1S/C37H65N5O8/c1-14-29-37(10)31(42(35(45)50-37)18-16-15-17-39-40-38)24(5)23(4)21(2)20-36(9,46-13)32(26(7)30(43)27(8)33(44)48-29)49-34-25(6)28(41(11)12)19-22(3)47-34/h21-29,31-32,34H,14-20H2,1-13H3/t21-,22?,23?,24?,25?,26+,27-,28?,29-,31-,32-,34+,36-,37-/m1/s1. The van der Waals surface area contributed by atoms with Gasteiger partial charge in [0, 0.05) is 43.0 Å². The lowest BCUT2D eigenvalue weighted by Crippen LogP contribution is -2.59. The van der Waals surface area contributed by atoms with Gasteiger partial charge < -0.3 is 33.5 Å². The summed E-state index contributed by atoms with van der Waals surface area (Å²) in [5, 5.41) is 3.64. The lowest BCUT2D eigenvalue weighted by Gasteiger charge is -2.48. The van der Waals surface area contributed by atoms with Crippen molar-refractivity contribution in [3.05, 3.63) is 10.4 Å². The number of fused-ring (bicyclic) bond motifs is 1. The minimum absolute atomic E-state index is 0.0112. The molecule has 5 unspecified atom stereocenters. The number of unbranched alkanes of at least 4 members (excludes halogenated alkanes) is 1. The molecule has 0 spiro atoms. The molecule has 13 nitrogen and oxygen atoms in total. The maximum absolute atomic E-state index is 14.3. The lowest BCUT2D eigenvalue weighted by atomic mass is 9.69. The normalized spacial score (nSPS) is 42.0. The maximum atomic E-state index is 14.3. The molecule has 0 bridgehead atoms. The Kier molecular flexibility index (Phi) is 14.6. The Labute approximate surface area is 300 Å². The van der Waals surface area contributed by atoms with E-state index < -0.39 is 59.6 Å². The topological polar surface area (TPSA) is 153 Å². The van der Waals surface area contributed by atoms with E-state index in [1.807, 2.05) is 34.6 Å². The molecule has 0 aromatic heterocycles. The molecular weight excluding hydrogens is 642 g/mol. The predicted molar refractivity (Wildman–Crippen MR) is 190 cm³/mol. The minimum atomic E-state index is -1.16. The second-order valence-corrected chi connectivity index (χ2v) is 16.0. The van der Waals surface area contributed by atoms with E-state index >= 15 is 0 Å². The number of ether oxygens (including phenoxy) is 5. The number of hydrogen-bond donors (Lipinski definition) is 0. The van der Waals surface area contributed by atoms with Crippen LogP contribution in [0.5, 0.6) is 0 Å². The maximum Gasteiger partial charge on any atom is 0.410 e. The summed E-state index contributed by atoms with van der Waals surface area (Å²) in [4.78, 5) is 48.6. The largest absolute Gasteiger partial charge is 0.458 e. The smallest absolute Gasteiger partial charge is 0.410 e. The number of Topliss-reactive ketones (excluding diaryl/α,β-unsaturated/α-hetero) is 1. The van der Waals surface area contributed by atoms with Gasteiger partial charge in [-0.1, -0.05) is 46.7 Å². The number of azide groups is 1. The van der Waals surface area contributed by atoms with E-state index in [1.54, 1.807) is 18.9 Å². The van der Waals surface area contributed by atoms with E-state index in [9.17, 15) is 14.4 Å². The quantitative estimate of drug-likeness (QED) is 0.0609. The molecule has 3 aliphatic heterocycles. The molecule has 0 aromatic carbocycles. The van der Waals surface area contributed by atoms with Crippen molar-refractivity contribution >= 4 is 17.8 Å². The van der Waals surface area contributed by atoms with Gasteiger partial charge in [-0.15, -0.1) is 0 Å². The SMILES string of the molecule is CC[C@H]1OC(=O)[C@H](C)C(=O)[C@H](C)[C@@H](O[C@@H]2OC(C)CC(N(C)C)C2C)[C@](C)(OC)C[C@@H](C)C(C)C(C)[C@H]2N(CCCCN=[N+]=[N-])C(=O)O[C@]12C. The monoisotopic (exact) mass is 707 g/mol. The van der Waals surface area contributed by atoms with Gasteiger partial charge in [0.05, 0.1) is 23.9 Å². The second kappa shape index (κ2) is 17.4. The highest BCUT2D eigenvalue weighted by molar-refractivity contribution is 6.00. The van der Waals surface area contributed by atoms with Gasteiger partial charge in [0.2, 0.25) is 0 Å². The molecule has 0 aliphatic carbocycles. The number of carbonyl (C=O) groups excluding carboxylic acids is 3. The molecule has 14 atom stereocenters. The highest BCUT2D eigenvalue weighted by atomic mass is 16.7. The average molecular weight is 708 g/mol. The third-order valence-corrected chi connectivity index (χ3v) is 12.3. The summed E-state index contributed by atoms with van der Waals surface area (Å²) in [5.41, 5.74) is 6.60. The number of ketones is 1. The number of cyclic esters (lactones) is 1. The summed E-state index contributed by atoms with van der Waals surface area (Å²) in [6.07, 6.45) is 0.409. The van der Waals surface area contributed by atoms with Crippen LogP contribution in [0.3, 0.4) is 0 Å². The Morgan fingerprint density at radius 1 is 1.02 bits per heavy atom. The number of rotatable bonds is 10. The van der Waals surface area contributed by atoms with Crippen molar-refractivity contribution < 1.29 is 38.1 Å². The summed E-state index contributed by atoms with van der Waals surface area (Å²) in [7, 11) is 5.77. The van der Waals surface area contributed by atoms with Crippen LogP contribution in [0.2, 0.25) is 0 Å². The summed E-state index contributed by atoms with van der Waals surface area (Å²) < 4.78 is 32.0. The first kappa shape index (κ1) is 42.0. The zero-order chi connectivity index (χ0) is 37.7. The molecule has 3 saturated heterocycles. The molecule has 3 aliphatic rings. The Morgan fingerprint density at radius 2 is 1.68 bits per heavy atom. The van der Waals surface area contributed by atoms with Crippen LogP contribution in [0.25, 0.3) is 10.4 Å². The van der Waals surface area contributed by atoms with E-state index in [1.165, 1.54) is 0 Å². The molecule has 0 saturated carbocycles. The van der Waals surface area contributed by atoms with E-state index in [2.05, 4.69) is 56.7 Å². The zero-order valence-electron chi connectivity index (χ0n) is 32.9. The molecular formula is C37H65N5O8. The Bertz CT molecular complexity index is 1230. The molecule has 3 heterocycles. The van der Waals surface area contributed by atoms with Crippen molar-refractivity contribution in [2.75, 3.05) is 34.3 Å². The fourth-order valence-corrected chi connectivity index (χ4v) is 8.90. The highest BCUT2D eigenvalue weighted by Crippen LogP contribution is 2.46. The summed E-state index contributed by atoms with van der Waals surface area (Å²) >= 11 is 0. The molecule has 50 heavy (non-hydrogen) atoms. The second-order valence-electron chi connectivity index (χ2n) is 16.0. The van der Waals surface area contributed by atoms with Crippen LogP contribution < -0.4 is 0 Å². The van der Waals surface area contributed by atoms with Gasteiger partial charge in [0.1, 0.15) is 12.0 Å². The minimum Gasteiger partial charge on any atom is -0.458 e. The summed E-state index contributed by atoms with van der Waals surface area (Å²) in [6.45, 7) is 20.5. The number of methoxy groups -OCH3 is 1. The van der Waals surface area contributed by atoms with Gasteiger partial charge in [-0.2, -0.15) is 0 Å². The molecule has 0 radical (unpaired) electrons. The molecule has 0 N–H and O–H groups in total. The molecule has 1 amide bonds. The van der Waals surface area contributed by atoms with Gasteiger partial charge >= 0.3 is 12.1 Å². The molecule has 13 heteroatoms. The molecule has 3 rings (SSSR count). The first-order chi connectivity index (χ1) is 23.4. The number of esters is 1.